The van der Waals surface area contributed by atoms with Crippen LogP contribution >= 0.6 is 0 Å². The largest absolute Gasteiger partial charge is 0.375 e. The van der Waals surface area contributed by atoms with Crippen LogP contribution in [-0.4, -0.2) is 27.2 Å². The number of hydrogen-bond acceptors (Lipinski definition) is 5. The second-order valence-corrected chi connectivity index (χ2v) is 6.48. The average molecular weight is 310 g/mol. The van der Waals surface area contributed by atoms with Crippen LogP contribution in [0.2, 0.25) is 0 Å². The maximum Gasteiger partial charge on any atom is 0.217 e. The number of nitrogens with one attached hydrogen (secondary N) is 1. The molecule has 0 aliphatic heterocycles. The lowest BCUT2D eigenvalue weighted by Gasteiger charge is -2.16. The molecule has 2 rings (SSSR count). The number of aromatic nitrogens is 1. The van der Waals surface area contributed by atoms with Crippen LogP contribution in [0.15, 0.2) is 40.9 Å². The topological polar surface area (TPSA) is 81.4 Å². The molecule has 0 unspecified atom stereocenters. The summed E-state index contributed by atoms with van der Waals surface area (Å²) < 4.78 is 36.7. The van der Waals surface area contributed by atoms with E-state index in [1.165, 1.54) is 0 Å². The van der Waals surface area contributed by atoms with Crippen molar-refractivity contribution in [3.05, 3.63) is 53.4 Å². The molecule has 1 heterocycles. The molecule has 1 N–H and O–H groups in total. The van der Waals surface area contributed by atoms with Crippen molar-refractivity contribution in [2.45, 2.75) is 18.8 Å². The van der Waals surface area contributed by atoms with Gasteiger partial charge in [0.1, 0.15) is 17.2 Å². The fourth-order valence-corrected chi connectivity index (χ4v) is 2.97. The van der Waals surface area contributed by atoms with Crippen molar-refractivity contribution in [1.29, 1.82) is 0 Å². The van der Waals surface area contributed by atoms with Gasteiger partial charge in [-0.3, -0.25) is 0 Å². The van der Waals surface area contributed by atoms with Gasteiger partial charge in [-0.25, -0.2) is 13.1 Å². The fourth-order valence-electron chi connectivity index (χ4n) is 1.94. The lowest BCUT2D eigenvalue weighted by molar-refractivity contribution is 0.107. The summed E-state index contributed by atoms with van der Waals surface area (Å²) in [4.78, 5) is 0. The van der Waals surface area contributed by atoms with Crippen molar-refractivity contribution in [1.82, 2.24) is 9.88 Å². The summed E-state index contributed by atoms with van der Waals surface area (Å²) in [6, 6.07) is 11.0. The molecule has 6 nitrogen and oxygen atoms in total. The van der Waals surface area contributed by atoms with Gasteiger partial charge in [-0.1, -0.05) is 35.5 Å². The first-order valence-electron chi connectivity index (χ1n) is 6.47. The third-order valence-electron chi connectivity index (χ3n) is 2.96. The number of rotatable bonds is 7. The Bertz CT molecular complexity index is 667. The fraction of sp³-hybridized carbons (Fsp3) is 0.357. The Morgan fingerprint density at radius 2 is 2.05 bits per heavy atom. The Morgan fingerprint density at radius 3 is 2.62 bits per heavy atom. The minimum absolute atomic E-state index is 0.166. The molecule has 0 amide bonds. The molecule has 0 aliphatic carbocycles. The summed E-state index contributed by atoms with van der Waals surface area (Å²) in [6.45, 7) is 1.88. The summed E-state index contributed by atoms with van der Waals surface area (Å²) in [5, 5.41) is 3.68. The molecular weight excluding hydrogens is 292 g/mol. The van der Waals surface area contributed by atoms with Gasteiger partial charge >= 0.3 is 0 Å². The van der Waals surface area contributed by atoms with Crippen LogP contribution in [0.25, 0.3) is 0 Å². The molecule has 7 heteroatoms. The highest BCUT2D eigenvalue weighted by atomic mass is 32.2. The van der Waals surface area contributed by atoms with Crippen molar-refractivity contribution < 1.29 is 17.7 Å². The molecule has 1 aromatic heterocycles. The smallest absolute Gasteiger partial charge is 0.217 e. The van der Waals surface area contributed by atoms with Gasteiger partial charge in [0.15, 0.2) is 0 Å². The highest BCUT2D eigenvalue weighted by Gasteiger charge is 2.18. The maximum atomic E-state index is 12.0. The Balaban J connectivity index is 1.97. The van der Waals surface area contributed by atoms with E-state index in [-0.39, 0.29) is 18.4 Å². The summed E-state index contributed by atoms with van der Waals surface area (Å²) in [5.41, 5.74) is 1.30. The average Bonchev–Trinajstić information content (AvgIpc) is 2.85. The zero-order valence-corrected chi connectivity index (χ0v) is 12.8. The van der Waals surface area contributed by atoms with Crippen LogP contribution in [0, 0.1) is 6.92 Å². The van der Waals surface area contributed by atoms with Crippen LogP contribution in [0.3, 0.4) is 0 Å². The first kappa shape index (κ1) is 15.7. The molecule has 2 aromatic rings. The van der Waals surface area contributed by atoms with Gasteiger partial charge in [0.25, 0.3) is 0 Å². The number of ether oxygens (including phenoxy) is 1. The van der Waals surface area contributed by atoms with Crippen LogP contribution in [0.4, 0.5) is 0 Å². The third kappa shape index (κ3) is 4.66. The standard InChI is InChI=1S/C14H18N2O4S/c1-11-8-13(16-20-11)10-21(17,18)15-9-14(19-2)12-6-4-3-5-7-12/h3-8,14-15H,9-10H2,1-2H3/t14-/m1/s1. The quantitative estimate of drug-likeness (QED) is 0.843. The van der Waals surface area contributed by atoms with Crippen molar-refractivity contribution in [2.24, 2.45) is 0 Å². The van der Waals surface area contributed by atoms with E-state index in [0.717, 1.165) is 5.56 Å². The van der Waals surface area contributed by atoms with Crippen LogP contribution in [-0.2, 0) is 20.5 Å². The number of hydrogen-bond donors (Lipinski definition) is 1. The number of methoxy groups -OCH3 is 1. The second-order valence-electron chi connectivity index (χ2n) is 4.67. The van der Waals surface area contributed by atoms with Crippen molar-refractivity contribution in [3.8, 4) is 0 Å². The van der Waals surface area contributed by atoms with E-state index in [2.05, 4.69) is 9.88 Å². The molecule has 0 aliphatic rings. The summed E-state index contributed by atoms with van der Waals surface area (Å²) in [7, 11) is -1.94. The van der Waals surface area contributed by atoms with Gasteiger partial charge in [0.05, 0.1) is 6.10 Å². The Hall–Kier alpha value is -1.70. The lowest BCUT2D eigenvalue weighted by Crippen LogP contribution is -2.30. The summed E-state index contributed by atoms with van der Waals surface area (Å²) >= 11 is 0. The molecular formula is C14H18N2O4S. The van der Waals surface area contributed by atoms with Gasteiger partial charge < -0.3 is 9.26 Å². The molecule has 0 saturated carbocycles. The van der Waals surface area contributed by atoms with Gasteiger partial charge in [-0.05, 0) is 12.5 Å². The van der Waals surface area contributed by atoms with E-state index in [9.17, 15) is 8.42 Å². The highest BCUT2D eigenvalue weighted by Crippen LogP contribution is 2.15. The molecule has 114 valence electrons. The maximum absolute atomic E-state index is 12.0. The molecule has 21 heavy (non-hydrogen) atoms. The van der Waals surface area contributed by atoms with Gasteiger partial charge in [-0.15, -0.1) is 0 Å². The van der Waals surface area contributed by atoms with Crippen molar-refractivity contribution >= 4 is 10.0 Å². The zero-order chi connectivity index (χ0) is 15.3. The summed E-state index contributed by atoms with van der Waals surface area (Å²) in [5.74, 6) is 0.370. The molecule has 0 bridgehead atoms. The monoisotopic (exact) mass is 310 g/mol. The normalized spacial score (nSPS) is 13.2. The van der Waals surface area contributed by atoms with Crippen LogP contribution < -0.4 is 4.72 Å². The summed E-state index contributed by atoms with van der Waals surface area (Å²) in [6.07, 6.45) is -0.333. The predicted octanol–water partition coefficient (Wildman–Crippen LogP) is 1.79. The van der Waals surface area contributed by atoms with Gasteiger partial charge in [0, 0.05) is 19.7 Å². The molecule has 0 fully saturated rings. The van der Waals surface area contributed by atoms with Crippen molar-refractivity contribution in [3.63, 3.8) is 0 Å². The molecule has 1 atom stereocenters. The van der Waals surface area contributed by atoms with Gasteiger partial charge in [0.2, 0.25) is 10.0 Å². The Morgan fingerprint density at radius 1 is 1.33 bits per heavy atom. The van der Waals surface area contributed by atoms with Crippen LogP contribution in [0.5, 0.6) is 0 Å². The molecule has 0 radical (unpaired) electrons. The molecule has 0 saturated heterocycles. The molecule has 0 spiro atoms. The zero-order valence-electron chi connectivity index (χ0n) is 11.9. The van der Waals surface area contributed by atoms with E-state index >= 15 is 0 Å². The second kappa shape index (κ2) is 6.84. The van der Waals surface area contributed by atoms with E-state index < -0.39 is 10.0 Å². The van der Waals surface area contributed by atoms with E-state index in [0.29, 0.717) is 11.5 Å². The SMILES string of the molecule is CO[C@H](CNS(=O)(=O)Cc1cc(C)on1)c1ccccc1. The number of nitrogens with zero attached hydrogens (tertiary/aromatic N) is 1. The minimum atomic E-state index is -3.49. The third-order valence-corrected chi connectivity index (χ3v) is 4.24. The Labute approximate surface area is 124 Å². The number of benzene rings is 1. The number of aryl methyl sites for hydroxylation is 1. The van der Waals surface area contributed by atoms with Crippen LogP contribution in [0.1, 0.15) is 23.1 Å². The van der Waals surface area contributed by atoms with E-state index in [4.69, 9.17) is 9.26 Å². The first-order valence-corrected chi connectivity index (χ1v) is 8.12. The minimum Gasteiger partial charge on any atom is -0.375 e. The number of sulfonamides is 1. The first-order chi connectivity index (χ1) is 10.00. The predicted molar refractivity (Wildman–Crippen MR) is 78.1 cm³/mol. The molecule has 1 aromatic carbocycles. The van der Waals surface area contributed by atoms with Gasteiger partial charge in [-0.2, -0.15) is 0 Å². The van der Waals surface area contributed by atoms with E-state index in [1.807, 2.05) is 30.3 Å². The Kier molecular flexibility index (Phi) is 5.11. The van der Waals surface area contributed by atoms with Crippen molar-refractivity contribution in [2.75, 3.05) is 13.7 Å². The highest BCUT2D eigenvalue weighted by molar-refractivity contribution is 7.88. The lowest BCUT2D eigenvalue weighted by atomic mass is 10.1. The van der Waals surface area contributed by atoms with E-state index in [1.54, 1.807) is 20.1 Å².